The molecule has 3 aromatic carbocycles. The Hall–Kier alpha value is -3.36. The highest BCUT2D eigenvalue weighted by molar-refractivity contribution is 7.92. The zero-order valence-electron chi connectivity index (χ0n) is 22.9. The third-order valence-corrected chi connectivity index (χ3v) is 7.65. The highest BCUT2D eigenvalue weighted by atomic mass is 35.5. The first-order valence-electron chi connectivity index (χ1n) is 12.9. The van der Waals surface area contributed by atoms with Gasteiger partial charge in [0.15, 0.2) is 0 Å². The summed E-state index contributed by atoms with van der Waals surface area (Å²) in [5.74, 6) is -0.776. The van der Waals surface area contributed by atoms with Gasteiger partial charge >= 0.3 is 0 Å². The van der Waals surface area contributed by atoms with Crippen molar-refractivity contribution in [3.05, 3.63) is 100 Å². The fourth-order valence-corrected chi connectivity index (χ4v) is 5.37. The third-order valence-electron chi connectivity index (χ3n) is 6.26. The number of sulfonamides is 1. The average Bonchev–Trinajstić information content (AvgIpc) is 2.88. The van der Waals surface area contributed by atoms with Crippen LogP contribution in [0, 0.1) is 13.8 Å². The number of carbonyl (C=O) groups excluding carboxylic acids is 2. The van der Waals surface area contributed by atoms with Gasteiger partial charge in [0, 0.05) is 24.5 Å². The molecule has 0 aromatic heterocycles. The maximum Gasteiger partial charge on any atom is 0.244 e. The lowest BCUT2D eigenvalue weighted by atomic mass is 10.0. The van der Waals surface area contributed by atoms with E-state index in [0.717, 1.165) is 39.2 Å². The zero-order valence-corrected chi connectivity index (χ0v) is 24.4. The monoisotopic (exact) mass is 569 g/mol. The number of hydrogen-bond acceptors (Lipinski definition) is 4. The van der Waals surface area contributed by atoms with Crippen molar-refractivity contribution in [2.45, 2.75) is 46.2 Å². The Morgan fingerprint density at radius 2 is 1.54 bits per heavy atom. The third kappa shape index (κ3) is 8.83. The lowest BCUT2D eigenvalue weighted by Crippen LogP contribution is -2.53. The zero-order chi connectivity index (χ0) is 28.6. The number of benzene rings is 3. The molecule has 39 heavy (non-hydrogen) atoms. The Balaban J connectivity index is 2.05. The normalized spacial score (nSPS) is 12.0. The number of nitrogens with one attached hydrogen (secondary N) is 1. The Labute approximate surface area is 236 Å². The van der Waals surface area contributed by atoms with Crippen LogP contribution in [0.1, 0.15) is 35.6 Å². The number of carbonyl (C=O) groups is 2. The van der Waals surface area contributed by atoms with Gasteiger partial charge in [-0.3, -0.25) is 13.9 Å². The van der Waals surface area contributed by atoms with Gasteiger partial charge in [-0.1, -0.05) is 67.1 Å². The molecule has 9 heteroatoms. The van der Waals surface area contributed by atoms with Gasteiger partial charge in [0.25, 0.3) is 0 Å². The Bertz CT molecular complexity index is 1360. The van der Waals surface area contributed by atoms with E-state index in [1.54, 1.807) is 36.4 Å². The highest BCUT2D eigenvalue weighted by Gasteiger charge is 2.33. The summed E-state index contributed by atoms with van der Waals surface area (Å²) in [5.41, 5.74) is 3.82. The number of nitrogens with zero attached hydrogens (tertiary/aromatic N) is 2. The van der Waals surface area contributed by atoms with Crippen LogP contribution in [0.15, 0.2) is 72.8 Å². The summed E-state index contributed by atoms with van der Waals surface area (Å²) in [6.07, 6.45) is 2.10. The van der Waals surface area contributed by atoms with E-state index in [1.165, 1.54) is 4.90 Å². The van der Waals surface area contributed by atoms with E-state index in [4.69, 9.17) is 11.6 Å². The number of amides is 2. The SMILES string of the molecule is CCCNC(=O)C(Cc1ccccc1)N(Cc1ccc(Cl)cc1)C(=O)CN(c1cc(C)cc(C)c1)S(C)(=O)=O. The standard InChI is InChI=1S/C30H36ClN3O4S/c1-5-15-32-30(36)28(19-24-9-7-6-8-10-24)33(20-25-11-13-26(31)14-12-25)29(35)21-34(39(4,37)38)27-17-22(2)16-23(3)18-27/h6-14,16-18,28H,5,15,19-21H2,1-4H3,(H,32,36). The van der Waals surface area contributed by atoms with Crippen molar-refractivity contribution in [1.82, 2.24) is 10.2 Å². The molecule has 0 bridgehead atoms. The average molecular weight is 570 g/mol. The van der Waals surface area contributed by atoms with Crippen LogP contribution >= 0.6 is 11.6 Å². The molecule has 0 saturated heterocycles. The molecular weight excluding hydrogens is 534 g/mol. The first-order chi connectivity index (χ1) is 18.5. The van der Waals surface area contributed by atoms with Gasteiger partial charge < -0.3 is 10.2 Å². The lowest BCUT2D eigenvalue weighted by molar-refractivity contribution is -0.140. The van der Waals surface area contributed by atoms with Gasteiger partial charge in [0.05, 0.1) is 11.9 Å². The number of hydrogen-bond donors (Lipinski definition) is 1. The van der Waals surface area contributed by atoms with E-state index in [-0.39, 0.29) is 18.9 Å². The van der Waals surface area contributed by atoms with Crippen LogP contribution in [0.2, 0.25) is 5.02 Å². The van der Waals surface area contributed by atoms with Crippen molar-refractivity contribution >= 4 is 39.1 Å². The summed E-state index contributed by atoms with van der Waals surface area (Å²) in [6, 6.07) is 21.1. The van der Waals surface area contributed by atoms with Gasteiger partial charge in [-0.05, 0) is 66.8 Å². The van der Waals surface area contributed by atoms with Gasteiger partial charge in [-0.2, -0.15) is 0 Å². The molecule has 3 rings (SSSR count). The largest absolute Gasteiger partial charge is 0.354 e. The predicted octanol–water partition coefficient (Wildman–Crippen LogP) is 4.89. The maximum absolute atomic E-state index is 14.0. The molecule has 1 unspecified atom stereocenters. The topological polar surface area (TPSA) is 86.8 Å². The minimum Gasteiger partial charge on any atom is -0.354 e. The molecule has 7 nitrogen and oxygen atoms in total. The van der Waals surface area contributed by atoms with Crippen molar-refractivity contribution < 1.29 is 18.0 Å². The Morgan fingerprint density at radius 1 is 0.923 bits per heavy atom. The molecule has 0 saturated carbocycles. The van der Waals surface area contributed by atoms with Crippen LogP contribution < -0.4 is 9.62 Å². The van der Waals surface area contributed by atoms with E-state index in [9.17, 15) is 18.0 Å². The van der Waals surface area contributed by atoms with Crippen molar-refractivity contribution in [3.63, 3.8) is 0 Å². The second-order valence-electron chi connectivity index (χ2n) is 9.76. The lowest BCUT2D eigenvalue weighted by Gasteiger charge is -2.33. The van der Waals surface area contributed by atoms with Crippen LogP contribution in [-0.2, 0) is 32.6 Å². The number of halogens is 1. The summed E-state index contributed by atoms with van der Waals surface area (Å²) in [6.45, 7) is 5.83. The van der Waals surface area contributed by atoms with Crippen molar-refractivity contribution in [2.75, 3.05) is 23.7 Å². The summed E-state index contributed by atoms with van der Waals surface area (Å²) in [4.78, 5) is 29.0. The molecule has 0 spiro atoms. The second-order valence-corrected chi connectivity index (χ2v) is 12.1. The van der Waals surface area contributed by atoms with E-state index >= 15 is 0 Å². The van der Waals surface area contributed by atoms with Crippen molar-refractivity contribution in [2.24, 2.45) is 0 Å². The molecule has 0 aliphatic rings. The van der Waals surface area contributed by atoms with Crippen LogP contribution in [-0.4, -0.2) is 50.5 Å². The molecule has 0 aliphatic heterocycles. The Kier molecular flexibility index (Phi) is 10.5. The molecule has 0 heterocycles. The first kappa shape index (κ1) is 30.2. The molecule has 0 fully saturated rings. The van der Waals surface area contributed by atoms with E-state index < -0.39 is 28.5 Å². The molecule has 1 N–H and O–H groups in total. The molecule has 3 aromatic rings. The van der Waals surface area contributed by atoms with Gasteiger partial charge in [0.2, 0.25) is 21.8 Å². The highest BCUT2D eigenvalue weighted by Crippen LogP contribution is 2.23. The van der Waals surface area contributed by atoms with Crippen LogP contribution in [0.4, 0.5) is 5.69 Å². The summed E-state index contributed by atoms with van der Waals surface area (Å²) in [7, 11) is -3.81. The second kappa shape index (κ2) is 13.6. The summed E-state index contributed by atoms with van der Waals surface area (Å²) in [5, 5.41) is 3.48. The minimum atomic E-state index is -3.81. The molecule has 0 aliphatic carbocycles. The fraction of sp³-hybridized carbons (Fsp3) is 0.333. The molecule has 1 atom stereocenters. The van der Waals surface area contributed by atoms with Gasteiger partial charge in [-0.25, -0.2) is 8.42 Å². The predicted molar refractivity (Wildman–Crippen MR) is 157 cm³/mol. The molecule has 2 amide bonds. The van der Waals surface area contributed by atoms with Gasteiger partial charge in [-0.15, -0.1) is 0 Å². The summed E-state index contributed by atoms with van der Waals surface area (Å²) < 4.78 is 26.9. The quantitative estimate of drug-likeness (QED) is 0.336. The number of rotatable bonds is 12. The van der Waals surface area contributed by atoms with Crippen molar-refractivity contribution in [1.29, 1.82) is 0 Å². The Morgan fingerprint density at radius 3 is 2.10 bits per heavy atom. The minimum absolute atomic E-state index is 0.109. The number of aryl methyl sites for hydroxylation is 2. The molecular formula is C30H36ClN3O4S. The maximum atomic E-state index is 14.0. The van der Waals surface area contributed by atoms with Crippen molar-refractivity contribution in [3.8, 4) is 0 Å². The molecule has 208 valence electrons. The number of anilines is 1. The smallest absolute Gasteiger partial charge is 0.244 e. The fourth-order valence-electron chi connectivity index (χ4n) is 4.41. The molecule has 0 radical (unpaired) electrons. The van der Waals surface area contributed by atoms with Crippen LogP contribution in [0.5, 0.6) is 0 Å². The summed E-state index contributed by atoms with van der Waals surface area (Å²) >= 11 is 6.08. The van der Waals surface area contributed by atoms with Crippen LogP contribution in [0.3, 0.4) is 0 Å². The van der Waals surface area contributed by atoms with Crippen LogP contribution in [0.25, 0.3) is 0 Å². The first-order valence-corrected chi connectivity index (χ1v) is 15.1. The van der Waals surface area contributed by atoms with E-state index in [1.807, 2.05) is 57.2 Å². The van der Waals surface area contributed by atoms with E-state index in [2.05, 4.69) is 5.32 Å². The van der Waals surface area contributed by atoms with E-state index in [0.29, 0.717) is 17.3 Å². The van der Waals surface area contributed by atoms with Gasteiger partial charge in [0.1, 0.15) is 12.6 Å².